The smallest absolute Gasteiger partial charge is 0.854 e. The Labute approximate surface area is 181 Å². The Morgan fingerprint density at radius 1 is 0.519 bits per heavy atom. The molecular weight excluding hydrogens is 390 g/mol. The molecule has 0 spiro atoms. The van der Waals surface area contributed by atoms with Crippen LogP contribution in [-0.2, 0) is 21.7 Å². The van der Waals surface area contributed by atoms with Crippen LogP contribution in [0.2, 0.25) is 0 Å². The predicted octanol–water partition coefficient (Wildman–Crippen LogP) is -2.71. The molecule has 0 saturated heterocycles. The van der Waals surface area contributed by atoms with Crippen LogP contribution in [0.15, 0.2) is 0 Å². The molecule has 0 bridgehead atoms. The minimum Gasteiger partial charge on any atom is -0.854 e. The van der Waals surface area contributed by atoms with E-state index in [2.05, 4.69) is 0 Å². The molecule has 0 aliphatic heterocycles. The van der Waals surface area contributed by atoms with Crippen LogP contribution >= 0.6 is 0 Å². The van der Waals surface area contributed by atoms with Gasteiger partial charge >= 0.3 is 21.7 Å². The van der Waals surface area contributed by atoms with Crippen molar-refractivity contribution in [3.63, 3.8) is 0 Å². The molecule has 8 nitrogen and oxygen atoms in total. The maximum Gasteiger partial charge on any atom is 4.00 e. The summed E-state index contributed by atoms with van der Waals surface area (Å²) in [6, 6.07) is 0. The SMILES string of the molecule is CCC[O-].CCC[O-].CCC[O-].CCC[O-].OCCN(CCO)CCO.[Ti+4]. The summed E-state index contributed by atoms with van der Waals surface area (Å²) in [5.41, 5.74) is 0. The van der Waals surface area contributed by atoms with Crippen molar-refractivity contribution in [2.75, 3.05) is 65.9 Å². The largest absolute Gasteiger partial charge is 4.00 e. The average molecular weight is 433 g/mol. The fraction of sp³-hybridized carbons (Fsp3) is 1.00. The summed E-state index contributed by atoms with van der Waals surface area (Å²) in [6.45, 7) is 9.50. The summed E-state index contributed by atoms with van der Waals surface area (Å²) >= 11 is 0. The second-order valence-corrected chi connectivity index (χ2v) is 4.83. The van der Waals surface area contributed by atoms with Crippen LogP contribution in [-0.4, -0.2) is 86.1 Å². The molecule has 0 fully saturated rings. The molecule has 9 heteroatoms. The first-order chi connectivity index (χ1) is 12.5. The zero-order chi connectivity index (χ0) is 21.5. The van der Waals surface area contributed by atoms with Gasteiger partial charge in [-0.25, -0.2) is 0 Å². The molecule has 0 radical (unpaired) electrons. The van der Waals surface area contributed by atoms with E-state index in [1.807, 2.05) is 27.7 Å². The second kappa shape index (κ2) is 56.3. The van der Waals surface area contributed by atoms with Gasteiger partial charge in [-0.1, -0.05) is 53.4 Å². The molecule has 0 aromatic carbocycles. The normalized spacial score (nSPS) is 8.44. The van der Waals surface area contributed by atoms with Gasteiger partial charge in [-0.05, 0) is 0 Å². The molecule has 0 aromatic rings. The molecule has 3 N–H and O–H groups in total. The Kier molecular flexibility index (Phi) is 86.9. The van der Waals surface area contributed by atoms with E-state index in [-0.39, 0.29) is 68.0 Å². The molecule has 166 valence electrons. The van der Waals surface area contributed by atoms with Gasteiger partial charge in [-0.3, -0.25) is 4.90 Å². The zero-order valence-corrected chi connectivity index (χ0v) is 19.4. The molecule has 0 saturated carbocycles. The van der Waals surface area contributed by atoms with Crippen LogP contribution in [0.1, 0.15) is 53.4 Å². The van der Waals surface area contributed by atoms with E-state index >= 15 is 0 Å². The van der Waals surface area contributed by atoms with Crippen LogP contribution < -0.4 is 20.4 Å². The Hall–Kier alpha value is 0.394. The zero-order valence-electron chi connectivity index (χ0n) is 17.8. The average Bonchev–Trinajstić information content (AvgIpc) is 2.69. The van der Waals surface area contributed by atoms with Gasteiger partial charge < -0.3 is 35.7 Å². The van der Waals surface area contributed by atoms with Gasteiger partial charge in [0.1, 0.15) is 0 Å². The van der Waals surface area contributed by atoms with E-state index in [1.165, 1.54) is 0 Å². The first-order valence-corrected chi connectivity index (χ1v) is 9.38. The number of hydrogen-bond acceptors (Lipinski definition) is 8. The van der Waals surface area contributed by atoms with Crippen molar-refractivity contribution in [3.8, 4) is 0 Å². The van der Waals surface area contributed by atoms with Crippen molar-refractivity contribution >= 4 is 0 Å². The Morgan fingerprint density at radius 3 is 0.741 bits per heavy atom. The number of aliphatic hydroxyl groups is 3. The van der Waals surface area contributed by atoms with E-state index < -0.39 is 0 Å². The molecular formula is C18H43NO7Ti. The predicted molar refractivity (Wildman–Crippen MR) is 98.3 cm³/mol. The van der Waals surface area contributed by atoms with Crippen LogP contribution in [0, 0.1) is 0 Å². The summed E-state index contributed by atoms with van der Waals surface area (Å²) in [5, 5.41) is 62.6. The Morgan fingerprint density at radius 2 is 0.667 bits per heavy atom. The standard InChI is InChI=1S/C6H15NO3.4C3H7O.Ti/c8-4-1-7(2-5-9)3-6-10;4*1-2-3-4;/h8-10H,1-6H2;4*2-3H2,1H3;/q;4*-1;+4. The second-order valence-electron chi connectivity index (χ2n) is 4.83. The minimum atomic E-state index is 0. The molecule has 0 rings (SSSR count). The summed E-state index contributed by atoms with van der Waals surface area (Å²) in [5.74, 6) is 0. The number of nitrogens with zero attached hydrogens (tertiary/aromatic N) is 1. The van der Waals surface area contributed by atoms with Crippen LogP contribution in [0.5, 0.6) is 0 Å². The fourth-order valence-corrected chi connectivity index (χ4v) is 0.760. The van der Waals surface area contributed by atoms with Crippen molar-refractivity contribution < 1.29 is 57.5 Å². The first-order valence-electron chi connectivity index (χ1n) is 9.38. The monoisotopic (exact) mass is 433 g/mol. The maximum atomic E-state index is 9.30. The van der Waals surface area contributed by atoms with Crippen molar-refractivity contribution in [3.05, 3.63) is 0 Å². The third-order valence-electron chi connectivity index (χ3n) is 2.07. The third-order valence-corrected chi connectivity index (χ3v) is 2.07. The minimum absolute atomic E-state index is 0. The van der Waals surface area contributed by atoms with E-state index in [1.54, 1.807) is 4.90 Å². The molecule has 0 heterocycles. The van der Waals surface area contributed by atoms with E-state index in [0.29, 0.717) is 19.6 Å². The van der Waals surface area contributed by atoms with Crippen molar-refractivity contribution in [1.29, 1.82) is 0 Å². The molecule has 27 heavy (non-hydrogen) atoms. The molecule has 0 aliphatic rings. The quantitative estimate of drug-likeness (QED) is 0.314. The molecule has 0 atom stereocenters. The Bertz CT molecular complexity index is 134. The van der Waals surface area contributed by atoms with E-state index in [4.69, 9.17) is 15.3 Å². The fourth-order valence-electron chi connectivity index (χ4n) is 0.760. The summed E-state index contributed by atoms with van der Waals surface area (Å²) in [7, 11) is 0. The molecule has 0 aromatic heterocycles. The number of aliphatic hydroxyl groups excluding tert-OH is 3. The third kappa shape index (κ3) is 87.5. The maximum absolute atomic E-state index is 9.30. The van der Waals surface area contributed by atoms with E-state index in [9.17, 15) is 20.4 Å². The molecule has 0 amide bonds. The molecule has 0 unspecified atom stereocenters. The number of hydrogen-bond donors (Lipinski definition) is 3. The first kappa shape index (κ1) is 41.7. The van der Waals surface area contributed by atoms with E-state index in [0.717, 1.165) is 25.7 Å². The van der Waals surface area contributed by atoms with Gasteiger partial charge in [0.15, 0.2) is 0 Å². The van der Waals surface area contributed by atoms with Crippen LogP contribution in [0.4, 0.5) is 0 Å². The Balaban J connectivity index is -0.0000000552. The topological polar surface area (TPSA) is 156 Å². The van der Waals surface area contributed by atoms with Crippen molar-refractivity contribution in [1.82, 2.24) is 4.90 Å². The van der Waals surface area contributed by atoms with Gasteiger partial charge in [0.2, 0.25) is 0 Å². The van der Waals surface area contributed by atoms with Crippen LogP contribution in [0.25, 0.3) is 0 Å². The number of rotatable bonds is 10. The summed E-state index contributed by atoms with van der Waals surface area (Å²) < 4.78 is 0. The van der Waals surface area contributed by atoms with Crippen molar-refractivity contribution in [2.45, 2.75) is 53.4 Å². The van der Waals surface area contributed by atoms with Gasteiger partial charge in [-0.15, -0.1) is 26.4 Å². The summed E-state index contributed by atoms with van der Waals surface area (Å²) in [6.07, 6.45) is 3.06. The van der Waals surface area contributed by atoms with Gasteiger partial charge in [0, 0.05) is 19.6 Å². The summed E-state index contributed by atoms with van der Waals surface area (Å²) in [4.78, 5) is 1.79. The van der Waals surface area contributed by atoms with Gasteiger partial charge in [-0.2, -0.15) is 0 Å². The van der Waals surface area contributed by atoms with Gasteiger partial charge in [0.05, 0.1) is 19.8 Å². The van der Waals surface area contributed by atoms with Crippen LogP contribution in [0.3, 0.4) is 0 Å². The molecule has 0 aliphatic carbocycles. The van der Waals surface area contributed by atoms with Gasteiger partial charge in [0.25, 0.3) is 0 Å². The van der Waals surface area contributed by atoms with Crippen molar-refractivity contribution in [2.24, 2.45) is 0 Å².